The van der Waals surface area contributed by atoms with Gasteiger partial charge in [0.2, 0.25) is 5.13 Å². The van der Waals surface area contributed by atoms with Crippen LogP contribution in [0.5, 0.6) is 0 Å². The number of nitrogens with zero attached hydrogens (tertiary/aromatic N) is 3. The molecule has 1 aliphatic rings. The Morgan fingerprint density at radius 1 is 1.07 bits per heavy atom. The highest BCUT2D eigenvalue weighted by atomic mass is 32.2. The molecule has 6 nitrogen and oxygen atoms in total. The Labute approximate surface area is 244 Å². The van der Waals surface area contributed by atoms with Crippen LogP contribution in [-0.4, -0.2) is 38.8 Å². The van der Waals surface area contributed by atoms with E-state index < -0.39 is 17.8 Å². The average Bonchev–Trinajstić information content (AvgIpc) is 3.29. The van der Waals surface area contributed by atoms with E-state index in [9.17, 15) is 18.7 Å². The van der Waals surface area contributed by atoms with Crippen molar-refractivity contribution in [2.75, 3.05) is 7.05 Å². The topological polar surface area (TPSA) is 80.0 Å². The number of nitrogens with one attached hydrogen (secondary N) is 1. The van der Waals surface area contributed by atoms with Crippen LogP contribution in [0.2, 0.25) is 0 Å². The molecule has 1 unspecified atom stereocenters. The molecule has 0 amide bonds. The molecule has 41 heavy (non-hydrogen) atoms. The molecule has 5 aromatic rings. The molecule has 0 spiro atoms. The lowest BCUT2D eigenvalue weighted by Gasteiger charge is -2.10. The third-order valence-electron chi connectivity index (χ3n) is 7.14. The molecule has 1 aliphatic carbocycles. The van der Waals surface area contributed by atoms with Crippen molar-refractivity contribution >= 4 is 29.3 Å². The maximum absolute atomic E-state index is 14.2. The van der Waals surface area contributed by atoms with E-state index in [-0.39, 0.29) is 18.5 Å². The van der Waals surface area contributed by atoms with E-state index in [1.807, 2.05) is 79.8 Å². The summed E-state index contributed by atoms with van der Waals surface area (Å²) >= 11 is 2.65. The molecule has 6 rings (SSSR count). The third-order valence-corrected chi connectivity index (χ3v) is 8.67. The van der Waals surface area contributed by atoms with Gasteiger partial charge >= 0.3 is 5.97 Å². The number of alkyl halides is 2. The van der Waals surface area contributed by atoms with Crippen LogP contribution in [0.4, 0.5) is 8.78 Å². The van der Waals surface area contributed by atoms with Gasteiger partial charge in [0, 0.05) is 40.2 Å². The molecular formula is C31H26F2N4O2S2. The summed E-state index contributed by atoms with van der Waals surface area (Å²) < 4.78 is 33.1. The van der Waals surface area contributed by atoms with E-state index in [1.165, 1.54) is 17.3 Å². The SMILES string of the molecule is CNSc1ccc(Cc2c(-c3cccc(-c4ccccc4)c3)nn(-c3nc(C(=O)O)cs3)c2CC2CC2(F)F)cc1. The molecular weight excluding hydrogens is 562 g/mol. The van der Waals surface area contributed by atoms with Gasteiger partial charge in [-0.3, -0.25) is 4.72 Å². The average molecular weight is 589 g/mol. The first-order valence-electron chi connectivity index (χ1n) is 13.1. The standard InChI is InChI=1S/C31H26F2N4O2S2/c1-34-41-24-12-10-19(11-13-24)14-25-27(16-23-17-31(23,32)33)37(30-35-26(18-40-30)29(38)39)36-28(25)22-9-5-8-21(15-22)20-6-3-2-4-7-20/h2-13,15,18,23,34H,14,16-17H2,1H3,(H,38,39). The summed E-state index contributed by atoms with van der Waals surface area (Å²) in [6.07, 6.45) is 0.411. The van der Waals surface area contributed by atoms with E-state index in [2.05, 4.69) is 15.8 Å². The highest BCUT2D eigenvalue weighted by Gasteiger charge is 2.57. The number of thiazole rings is 1. The first-order chi connectivity index (χ1) is 19.8. The van der Waals surface area contributed by atoms with E-state index >= 15 is 0 Å². The Morgan fingerprint density at radius 3 is 2.44 bits per heavy atom. The van der Waals surface area contributed by atoms with Gasteiger partial charge in [-0.25, -0.2) is 23.2 Å². The maximum Gasteiger partial charge on any atom is 0.355 e. The minimum Gasteiger partial charge on any atom is -0.476 e. The van der Waals surface area contributed by atoms with Gasteiger partial charge in [-0.1, -0.05) is 60.7 Å². The minimum atomic E-state index is -2.72. The van der Waals surface area contributed by atoms with Crippen molar-refractivity contribution in [3.63, 3.8) is 0 Å². The fraction of sp³-hybridized carbons (Fsp3) is 0.194. The maximum atomic E-state index is 14.2. The zero-order valence-corrected chi connectivity index (χ0v) is 23.7. The molecule has 2 aromatic heterocycles. The number of halogens is 2. The Bertz CT molecular complexity index is 1700. The number of aromatic nitrogens is 3. The van der Waals surface area contributed by atoms with Crippen LogP contribution in [0, 0.1) is 5.92 Å². The summed E-state index contributed by atoms with van der Waals surface area (Å²) in [5, 5.41) is 16.2. The van der Waals surface area contributed by atoms with Crippen molar-refractivity contribution in [3.8, 4) is 27.5 Å². The van der Waals surface area contributed by atoms with Crippen LogP contribution >= 0.6 is 23.3 Å². The van der Waals surface area contributed by atoms with Gasteiger partial charge in [-0.2, -0.15) is 5.10 Å². The van der Waals surface area contributed by atoms with Crippen LogP contribution in [0.3, 0.4) is 0 Å². The van der Waals surface area contributed by atoms with Crippen LogP contribution in [0.25, 0.3) is 27.5 Å². The molecule has 2 heterocycles. The quantitative estimate of drug-likeness (QED) is 0.166. The molecule has 1 fully saturated rings. The molecule has 1 saturated carbocycles. The van der Waals surface area contributed by atoms with Gasteiger partial charge in [-0.15, -0.1) is 11.3 Å². The van der Waals surface area contributed by atoms with Crippen molar-refractivity contribution in [2.24, 2.45) is 5.92 Å². The number of benzene rings is 3. The summed E-state index contributed by atoms with van der Waals surface area (Å²) in [5.74, 6) is -4.67. The summed E-state index contributed by atoms with van der Waals surface area (Å²) in [7, 11) is 1.86. The second kappa shape index (κ2) is 11.2. The second-order valence-corrected chi connectivity index (χ2v) is 11.9. The molecule has 208 valence electrons. The number of hydrogen-bond acceptors (Lipinski definition) is 6. The molecule has 1 atom stereocenters. The number of hydrogen-bond donors (Lipinski definition) is 2. The monoisotopic (exact) mass is 588 g/mol. The summed E-state index contributed by atoms with van der Waals surface area (Å²) in [6.45, 7) is 0. The van der Waals surface area contributed by atoms with Gasteiger partial charge < -0.3 is 5.11 Å². The van der Waals surface area contributed by atoms with Crippen molar-refractivity contribution in [1.29, 1.82) is 0 Å². The number of aromatic carboxylic acids is 1. The molecule has 2 N–H and O–H groups in total. The normalized spacial score (nSPS) is 15.6. The summed E-state index contributed by atoms with van der Waals surface area (Å²) in [4.78, 5) is 16.9. The molecule has 10 heteroatoms. The van der Waals surface area contributed by atoms with Gasteiger partial charge in [0.15, 0.2) is 5.69 Å². The Balaban J connectivity index is 1.51. The van der Waals surface area contributed by atoms with Crippen LogP contribution in [0.15, 0.2) is 89.1 Å². The lowest BCUT2D eigenvalue weighted by Crippen LogP contribution is -2.08. The fourth-order valence-corrected chi connectivity index (χ4v) is 6.21. The zero-order chi connectivity index (χ0) is 28.6. The number of carboxylic acid groups (broad SMARTS) is 1. The Morgan fingerprint density at radius 2 is 1.78 bits per heavy atom. The zero-order valence-electron chi connectivity index (χ0n) is 22.1. The van der Waals surface area contributed by atoms with Crippen LogP contribution in [0.1, 0.15) is 33.7 Å². The fourth-order valence-electron chi connectivity index (χ4n) is 4.93. The van der Waals surface area contributed by atoms with E-state index in [1.54, 1.807) is 4.68 Å². The first-order valence-corrected chi connectivity index (χ1v) is 14.8. The Kier molecular flexibility index (Phi) is 7.46. The highest BCUT2D eigenvalue weighted by Crippen LogP contribution is 2.51. The summed E-state index contributed by atoms with van der Waals surface area (Å²) in [6, 6.07) is 26.1. The van der Waals surface area contributed by atoms with Gasteiger partial charge in [-0.05, 0) is 60.3 Å². The van der Waals surface area contributed by atoms with E-state index in [0.29, 0.717) is 22.9 Å². The van der Waals surface area contributed by atoms with Crippen molar-refractivity contribution in [2.45, 2.75) is 30.1 Å². The van der Waals surface area contributed by atoms with Crippen LogP contribution < -0.4 is 4.72 Å². The minimum absolute atomic E-state index is 0.102. The van der Waals surface area contributed by atoms with Crippen molar-refractivity contribution < 1.29 is 18.7 Å². The van der Waals surface area contributed by atoms with Crippen LogP contribution in [-0.2, 0) is 12.8 Å². The smallest absolute Gasteiger partial charge is 0.355 e. The number of carbonyl (C=O) groups is 1. The largest absolute Gasteiger partial charge is 0.476 e. The number of carboxylic acids is 1. The first kappa shape index (κ1) is 27.3. The van der Waals surface area contributed by atoms with Gasteiger partial charge in [0.1, 0.15) is 0 Å². The molecule has 0 radical (unpaired) electrons. The Hall–Kier alpha value is -3.86. The second-order valence-electron chi connectivity index (χ2n) is 9.95. The molecule has 0 aliphatic heterocycles. The van der Waals surface area contributed by atoms with Gasteiger partial charge in [0.25, 0.3) is 5.92 Å². The number of rotatable bonds is 10. The lowest BCUT2D eigenvalue weighted by molar-refractivity contribution is 0.0691. The predicted molar refractivity (Wildman–Crippen MR) is 158 cm³/mol. The predicted octanol–water partition coefficient (Wildman–Crippen LogP) is 7.38. The van der Waals surface area contributed by atoms with Crippen molar-refractivity contribution in [1.82, 2.24) is 19.5 Å². The summed E-state index contributed by atoms with van der Waals surface area (Å²) in [5.41, 5.74) is 5.95. The van der Waals surface area contributed by atoms with Gasteiger partial charge in [0.05, 0.1) is 11.4 Å². The third kappa shape index (κ3) is 5.81. The van der Waals surface area contributed by atoms with E-state index in [0.717, 1.165) is 44.0 Å². The van der Waals surface area contributed by atoms with Crippen molar-refractivity contribution in [3.05, 3.63) is 107 Å². The highest BCUT2D eigenvalue weighted by molar-refractivity contribution is 7.97. The molecule has 3 aromatic carbocycles. The lowest BCUT2D eigenvalue weighted by atomic mass is 9.95. The molecule has 0 saturated heterocycles. The molecule has 0 bridgehead atoms. The van der Waals surface area contributed by atoms with E-state index in [4.69, 9.17) is 5.10 Å².